The van der Waals surface area contributed by atoms with Crippen molar-refractivity contribution in [2.75, 3.05) is 29.9 Å². The minimum atomic E-state index is -0.222. The second-order valence-corrected chi connectivity index (χ2v) is 5.99. The molecule has 0 aromatic heterocycles. The molecule has 0 saturated carbocycles. The summed E-state index contributed by atoms with van der Waals surface area (Å²) in [6, 6.07) is 16.3. The molecule has 1 saturated heterocycles. The molecule has 2 aromatic carbocycles. The van der Waals surface area contributed by atoms with Crippen molar-refractivity contribution in [3.05, 3.63) is 59.6 Å². The molecule has 1 N–H and O–H groups in total. The first-order valence-electron chi connectivity index (χ1n) is 7.80. The van der Waals surface area contributed by atoms with Gasteiger partial charge < -0.3 is 15.1 Å². The molecule has 0 atom stereocenters. The zero-order valence-corrected chi connectivity index (χ0v) is 13.9. The number of nitrogens with one attached hydrogen (secondary N) is 1. The Kier molecular flexibility index (Phi) is 5.01. The van der Waals surface area contributed by atoms with Crippen molar-refractivity contribution in [2.45, 2.75) is 6.42 Å². The molecule has 1 aliphatic rings. The number of halogens is 1. The molecule has 0 aliphatic carbocycles. The van der Waals surface area contributed by atoms with Crippen molar-refractivity contribution in [3.8, 4) is 0 Å². The first kappa shape index (κ1) is 16.3. The van der Waals surface area contributed by atoms with Crippen molar-refractivity contribution in [3.63, 3.8) is 0 Å². The van der Waals surface area contributed by atoms with Gasteiger partial charge in [0.1, 0.15) is 0 Å². The number of benzene rings is 2. The average Bonchev–Trinajstić information content (AvgIpc) is 2.77. The lowest BCUT2D eigenvalue weighted by molar-refractivity contribution is -0.118. The molecule has 1 heterocycles. The fourth-order valence-corrected chi connectivity index (χ4v) is 2.87. The third kappa shape index (κ3) is 3.86. The maximum absolute atomic E-state index is 12.4. The standard InChI is InChI=1S/C18H18ClN3O2/c19-14-5-4-6-15(13-14)20-18(24)21-10-9-17(23)22(12-11-21)16-7-2-1-3-8-16/h1-8,13H,9-12H2,(H,20,24). The Bertz CT molecular complexity index is 736. The molecule has 0 radical (unpaired) electrons. The summed E-state index contributed by atoms with van der Waals surface area (Å²) >= 11 is 5.93. The van der Waals surface area contributed by atoms with E-state index in [1.165, 1.54) is 0 Å². The number of amides is 3. The van der Waals surface area contributed by atoms with Crippen LogP contribution in [-0.2, 0) is 4.79 Å². The molecule has 24 heavy (non-hydrogen) atoms. The molecule has 3 amide bonds. The van der Waals surface area contributed by atoms with Crippen LogP contribution in [0.2, 0.25) is 5.02 Å². The molecule has 1 fully saturated rings. The topological polar surface area (TPSA) is 52.7 Å². The maximum atomic E-state index is 12.4. The van der Waals surface area contributed by atoms with Gasteiger partial charge in [0.15, 0.2) is 0 Å². The number of carbonyl (C=O) groups is 2. The number of rotatable bonds is 2. The summed E-state index contributed by atoms with van der Waals surface area (Å²) in [6.07, 6.45) is 0.303. The first-order chi connectivity index (χ1) is 11.6. The highest BCUT2D eigenvalue weighted by molar-refractivity contribution is 6.30. The summed E-state index contributed by atoms with van der Waals surface area (Å²) in [5.74, 6) is 0.0271. The van der Waals surface area contributed by atoms with Crippen LogP contribution in [0.4, 0.5) is 16.2 Å². The van der Waals surface area contributed by atoms with Gasteiger partial charge in [-0.05, 0) is 30.3 Å². The van der Waals surface area contributed by atoms with E-state index in [2.05, 4.69) is 5.32 Å². The lowest BCUT2D eigenvalue weighted by Gasteiger charge is -2.22. The van der Waals surface area contributed by atoms with Crippen LogP contribution < -0.4 is 10.2 Å². The number of nitrogens with zero attached hydrogens (tertiary/aromatic N) is 2. The van der Waals surface area contributed by atoms with E-state index >= 15 is 0 Å². The number of para-hydroxylation sites is 1. The van der Waals surface area contributed by atoms with Crippen LogP contribution in [0.25, 0.3) is 0 Å². The highest BCUT2D eigenvalue weighted by Crippen LogP contribution is 2.18. The molecular weight excluding hydrogens is 326 g/mol. The van der Waals surface area contributed by atoms with E-state index in [1.54, 1.807) is 34.1 Å². The first-order valence-corrected chi connectivity index (χ1v) is 8.18. The van der Waals surface area contributed by atoms with Gasteiger partial charge in [0, 0.05) is 42.5 Å². The van der Waals surface area contributed by atoms with E-state index in [4.69, 9.17) is 11.6 Å². The Morgan fingerprint density at radius 1 is 1.00 bits per heavy atom. The molecule has 0 spiro atoms. The predicted octanol–water partition coefficient (Wildman–Crippen LogP) is 3.61. The van der Waals surface area contributed by atoms with Gasteiger partial charge in [-0.2, -0.15) is 0 Å². The summed E-state index contributed by atoms with van der Waals surface area (Å²) in [5.41, 5.74) is 1.50. The summed E-state index contributed by atoms with van der Waals surface area (Å²) in [4.78, 5) is 28.1. The lowest BCUT2D eigenvalue weighted by Crippen LogP contribution is -2.38. The fraction of sp³-hybridized carbons (Fsp3) is 0.222. The van der Waals surface area contributed by atoms with E-state index < -0.39 is 0 Å². The summed E-state index contributed by atoms with van der Waals surface area (Å²) in [5, 5.41) is 3.39. The smallest absolute Gasteiger partial charge is 0.321 e. The minimum absolute atomic E-state index is 0.0271. The van der Waals surface area contributed by atoms with Crippen LogP contribution in [0.1, 0.15) is 6.42 Å². The van der Waals surface area contributed by atoms with Gasteiger partial charge in [-0.1, -0.05) is 35.9 Å². The van der Waals surface area contributed by atoms with Crippen LogP contribution in [0.15, 0.2) is 54.6 Å². The molecule has 1 aliphatic heterocycles. The number of anilines is 2. The maximum Gasteiger partial charge on any atom is 0.321 e. The SMILES string of the molecule is O=C(Nc1cccc(Cl)c1)N1CCC(=O)N(c2ccccc2)CC1. The Labute approximate surface area is 145 Å². The van der Waals surface area contributed by atoms with Crippen LogP contribution in [0.3, 0.4) is 0 Å². The van der Waals surface area contributed by atoms with E-state index in [-0.39, 0.29) is 11.9 Å². The van der Waals surface area contributed by atoms with Gasteiger partial charge in [-0.15, -0.1) is 0 Å². The largest absolute Gasteiger partial charge is 0.322 e. The summed E-state index contributed by atoms with van der Waals surface area (Å²) < 4.78 is 0. The molecule has 6 heteroatoms. The van der Waals surface area contributed by atoms with Crippen LogP contribution in [0.5, 0.6) is 0 Å². The van der Waals surface area contributed by atoms with Crippen LogP contribution in [0, 0.1) is 0 Å². The quantitative estimate of drug-likeness (QED) is 0.905. The third-order valence-electron chi connectivity index (χ3n) is 3.92. The normalized spacial score (nSPS) is 15.1. The van der Waals surface area contributed by atoms with Gasteiger partial charge in [-0.3, -0.25) is 4.79 Å². The molecule has 124 valence electrons. The summed E-state index contributed by atoms with van der Waals surface area (Å²) in [6.45, 7) is 1.35. The lowest BCUT2D eigenvalue weighted by atomic mass is 10.2. The molecule has 5 nitrogen and oxygen atoms in total. The monoisotopic (exact) mass is 343 g/mol. The number of urea groups is 1. The van der Waals surface area contributed by atoms with Gasteiger partial charge in [0.25, 0.3) is 0 Å². The Balaban J connectivity index is 1.66. The Hall–Kier alpha value is -2.53. The fourth-order valence-electron chi connectivity index (χ4n) is 2.68. The second-order valence-electron chi connectivity index (χ2n) is 5.56. The van der Waals surface area contributed by atoms with Crippen molar-refractivity contribution in [1.29, 1.82) is 0 Å². The minimum Gasteiger partial charge on any atom is -0.322 e. The van der Waals surface area contributed by atoms with E-state index in [9.17, 15) is 9.59 Å². The molecule has 3 rings (SSSR count). The molecule has 0 bridgehead atoms. The number of hydrogen-bond donors (Lipinski definition) is 1. The second kappa shape index (κ2) is 7.36. The van der Waals surface area contributed by atoms with Gasteiger partial charge >= 0.3 is 6.03 Å². The zero-order chi connectivity index (χ0) is 16.9. The zero-order valence-electron chi connectivity index (χ0n) is 13.1. The van der Waals surface area contributed by atoms with Crippen molar-refractivity contribution in [2.24, 2.45) is 0 Å². The molecule has 2 aromatic rings. The summed E-state index contributed by atoms with van der Waals surface area (Å²) in [7, 11) is 0. The van der Waals surface area contributed by atoms with Crippen LogP contribution in [-0.4, -0.2) is 36.5 Å². The van der Waals surface area contributed by atoms with Crippen LogP contribution >= 0.6 is 11.6 Å². The molecule has 0 unspecified atom stereocenters. The van der Waals surface area contributed by atoms with Gasteiger partial charge in [0.2, 0.25) is 5.91 Å². The Morgan fingerprint density at radius 2 is 1.79 bits per heavy atom. The van der Waals surface area contributed by atoms with E-state index in [1.807, 2.05) is 30.3 Å². The highest BCUT2D eigenvalue weighted by Gasteiger charge is 2.24. The third-order valence-corrected chi connectivity index (χ3v) is 4.16. The van der Waals surface area contributed by atoms with Crippen molar-refractivity contribution >= 4 is 34.9 Å². The Morgan fingerprint density at radius 3 is 2.54 bits per heavy atom. The van der Waals surface area contributed by atoms with E-state index in [0.717, 1.165) is 5.69 Å². The van der Waals surface area contributed by atoms with E-state index in [0.29, 0.717) is 36.8 Å². The van der Waals surface area contributed by atoms with Crippen molar-refractivity contribution in [1.82, 2.24) is 4.90 Å². The molecular formula is C18H18ClN3O2. The van der Waals surface area contributed by atoms with Crippen molar-refractivity contribution < 1.29 is 9.59 Å². The van der Waals surface area contributed by atoms with Gasteiger partial charge in [-0.25, -0.2) is 4.79 Å². The average molecular weight is 344 g/mol. The number of carbonyl (C=O) groups excluding carboxylic acids is 2. The highest BCUT2D eigenvalue weighted by atomic mass is 35.5. The van der Waals surface area contributed by atoms with Gasteiger partial charge in [0.05, 0.1) is 0 Å². The number of hydrogen-bond acceptors (Lipinski definition) is 2. The predicted molar refractivity (Wildman–Crippen MR) is 95.5 cm³/mol.